The first-order valence-electron chi connectivity index (χ1n) is 11.7. The molecule has 0 radical (unpaired) electrons. The van der Waals surface area contributed by atoms with Gasteiger partial charge in [-0.05, 0) is 57.0 Å². The number of fused-ring (bicyclic) bond motifs is 4. The second kappa shape index (κ2) is 7.86. The lowest BCUT2D eigenvalue weighted by atomic mass is 9.95. The fraction of sp³-hybridized carbons (Fsp3) is 0.233. The molecule has 0 spiro atoms. The summed E-state index contributed by atoms with van der Waals surface area (Å²) in [6.07, 6.45) is 3.09. The lowest BCUT2D eigenvalue weighted by molar-refractivity contribution is 0.648. The van der Waals surface area contributed by atoms with Crippen molar-refractivity contribution in [3.8, 4) is 11.3 Å². The molecule has 0 aliphatic heterocycles. The van der Waals surface area contributed by atoms with Gasteiger partial charge in [0.05, 0.1) is 13.8 Å². The predicted molar refractivity (Wildman–Crippen MR) is 144 cm³/mol. The quantitative estimate of drug-likeness (QED) is 0.207. The molecule has 0 atom stereocenters. The summed E-state index contributed by atoms with van der Waals surface area (Å²) in [6.45, 7) is 11.8. The van der Waals surface area contributed by atoms with E-state index in [4.69, 9.17) is 4.98 Å². The van der Waals surface area contributed by atoms with Gasteiger partial charge >= 0.3 is 0 Å². The first-order chi connectivity index (χ1) is 15.3. The number of hydrogen-bond donors (Lipinski definition) is 0. The van der Waals surface area contributed by atoms with E-state index in [0.717, 1.165) is 12.1 Å². The molecule has 1 aromatic heterocycles. The molecule has 5 aromatic rings. The van der Waals surface area contributed by atoms with Crippen molar-refractivity contribution in [2.75, 3.05) is 0 Å². The van der Waals surface area contributed by atoms with Gasteiger partial charge in [-0.2, -0.15) is 0 Å². The van der Waals surface area contributed by atoms with Crippen molar-refractivity contribution in [2.45, 2.75) is 39.9 Å². The number of hydrogen-bond acceptors (Lipinski definition) is 1. The van der Waals surface area contributed by atoms with Crippen LogP contribution < -0.4 is 5.19 Å². The van der Waals surface area contributed by atoms with Crippen LogP contribution in [0.3, 0.4) is 0 Å². The maximum Gasteiger partial charge on any atom is 0.0784 e. The zero-order valence-corrected chi connectivity index (χ0v) is 20.7. The van der Waals surface area contributed by atoms with Crippen molar-refractivity contribution in [1.29, 1.82) is 0 Å². The van der Waals surface area contributed by atoms with Crippen molar-refractivity contribution in [2.24, 2.45) is 5.92 Å². The Morgan fingerprint density at radius 3 is 2.25 bits per heavy atom. The Balaban J connectivity index is 1.74. The van der Waals surface area contributed by atoms with E-state index < -0.39 is 8.07 Å². The first kappa shape index (κ1) is 20.9. The van der Waals surface area contributed by atoms with Gasteiger partial charge in [0.1, 0.15) is 0 Å². The number of pyridine rings is 1. The summed E-state index contributed by atoms with van der Waals surface area (Å²) in [5.41, 5.74) is 3.72. The molecule has 0 amide bonds. The van der Waals surface area contributed by atoms with E-state index in [1.807, 2.05) is 6.20 Å². The molecular weight excluding hydrogens is 402 g/mol. The highest BCUT2D eigenvalue weighted by Crippen LogP contribution is 2.33. The third kappa shape index (κ3) is 3.73. The Morgan fingerprint density at radius 2 is 1.47 bits per heavy atom. The largest absolute Gasteiger partial charge is 0.256 e. The van der Waals surface area contributed by atoms with Crippen molar-refractivity contribution in [3.63, 3.8) is 0 Å². The molecule has 4 aromatic carbocycles. The highest BCUT2D eigenvalue weighted by Gasteiger charge is 2.21. The summed E-state index contributed by atoms with van der Waals surface area (Å²) in [5, 5.41) is 9.33. The summed E-state index contributed by atoms with van der Waals surface area (Å²) in [6, 6.07) is 27.2. The minimum atomic E-state index is -1.52. The molecular formula is C30H31NSi. The van der Waals surface area contributed by atoms with Crippen LogP contribution >= 0.6 is 0 Å². The zero-order chi connectivity index (χ0) is 22.5. The maximum absolute atomic E-state index is 4.89. The number of rotatable bonds is 4. The first-order valence-corrected chi connectivity index (χ1v) is 15.2. The molecule has 1 heterocycles. The van der Waals surface area contributed by atoms with Gasteiger partial charge in [-0.1, -0.05) is 99.3 Å². The third-order valence-corrected chi connectivity index (χ3v) is 8.44. The van der Waals surface area contributed by atoms with Crippen molar-refractivity contribution in [3.05, 3.63) is 84.6 Å². The van der Waals surface area contributed by atoms with E-state index in [2.05, 4.69) is 106 Å². The molecule has 2 heteroatoms. The Bertz CT molecular complexity index is 1460. The van der Waals surface area contributed by atoms with E-state index in [-0.39, 0.29) is 0 Å². The third-order valence-electron chi connectivity index (χ3n) is 6.41. The molecule has 0 bridgehead atoms. The van der Waals surface area contributed by atoms with Gasteiger partial charge in [-0.25, -0.2) is 0 Å². The van der Waals surface area contributed by atoms with E-state index >= 15 is 0 Å². The van der Waals surface area contributed by atoms with E-state index in [0.29, 0.717) is 5.92 Å². The Kier molecular flexibility index (Phi) is 5.14. The molecule has 32 heavy (non-hydrogen) atoms. The molecule has 0 N–H and O–H groups in total. The second-order valence-electron chi connectivity index (χ2n) is 10.5. The summed E-state index contributed by atoms with van der Waals surface area (Å²) in [5.74, 6) is 0.664. The summed E-state index contributed by atoms with van der Waals surface area (Å²) in [4.78, 5) is 4.89. The summed E-state index contributed by atoms with van der Waals surface area (Å²) in [7, 11) is -1.52. The van der Waals surface area contributed by atoms with Crippen LogP contribution in [0.4, 0.5) is 0 Å². The molecule has 0 unspecified atom stereocenters. The Labute approximate surface area is 192 Å². The van der Waals surface area contributed by atoms with Crippen LogP contribution in [0.25, 0.3) is 43.6 Å². The summed E-state index contributed by atoms with van der Waals surface area (Å²) < 4.78 is 0. The Hall–Kier alpha value is -2.97. The van der Waals surface area contributed by atoms with E-state index in [1.165, 1.54) is 48.6 Å². The molecule has 0 saturated heterocycles. The molecule has 0 saturated carbocycles. The lowest BCUT2D eigenvalue weighted by Gasteiger charge is -2.21. The maximum atomic E-state index is 4.89. The molecule has 5 rings (SSSR count). The van der Waals surface area contributed by atoms with Crippen LogP contribution in [-0.4, -0.2) is 13.1 Å². The predicted octanol–water partition coefficient (Wildman–Crippen LogP) is 7.95. The van der Waals surface area contributed by atoms with E-state index in [9.17, 15) is 0 Å². The normalized spacial score (nSPS) is 12.3. The highest BCUT2D eigenvalue weighted by atomic mass is 28.3. The van der Waals surface area contributed by atoms with Gasteiger partial charge in [-0.15, -0.1) is 0 Å². The number of aromatic nitrogens is 1. The average molecular weight is 434 g/mol. The van der Waals surface area contributed by atoms with Gasteiger partial charge in [0.2, 0.25) is 0 Å². The fourth-order valence-electron chi connectivity index (χ4n) is 4.94. The number of nitrogens with zero attached hydrogens (tertiary/aromatic N) is 1. The molecule has 0 fully saturated rings. The SMILES string of the molecule is CC(C)Cc1ccc2c(ccc3c(-c4cc([Si](C)(C)C)c5ccccc5c4)nccc32)c1. The summed E-state index contributed by atoms with van der Waals surface area (Å²) >= 11 is 0. The minimum absolute atomic E-state index is 0.664. The van der Waals surface area contributed by atoms with Crippen LogP contribution in [0.15, 0.2) is 79.0 Å². The van der Waals surface area contributed by atoms with Crippen LogP contribution in [0.1, 0.15) is 19.4 Å². The molecule has 0 aliphatic carbocycles. The van der Waals surface area contributed by atoms with Crippen molar-refractivity contribution in [1.82, 2.24) is 4.98 Å². The lowest BCUT2D eigenvalue weighted by Crippen LogP contribution is -2.38. The average Bonchev–Trinajstić information content (AvgIpc) is 2.76. The van der Waals surface area contributed by atoms with Gasteiger partial charge in [0.25, 0.3) is 0 Å². The number of benzene rings is 4. The molecule has 160 valence electrons. The molecule has 1 nitrogen and oxygen atoms in total. The fourth-order valence-corrected chi connectivity index (χ4v) is 6.57. The van der Waals surface area contributed by atoms with Crippen LogP contribution in [0.2, 0.25) is 19.6 Å². The Morgan fingerprint density at radius 1 is 0.719 bits per heavy atom. The van der Waals surface area contributed by atoms with Crippen LogP contribution in [0.5, 0.6) is 0 Å². The van der Waals surface area contributed by atoms with Crippen LogP contribution in [-0.2, 0) is 6.42 Å². The molecule has 0 aliphatic rings. The van der Waals surface area contributed by atoms with Gasteiger partial charge in [0.15, 0.2) is 0 Å². The topological polar surface area (TPSA) is 12.9 Å². The van der Waals surface area contributed by atoms with E-state index in [1.54, 1.807) is 0 Å². The van der Waals surface area contributed by atoms with Crippen LogP contribution in [0, 0.1) is 5.92 Å². The monoisotopic (exact) mass is 433 g/mol. The van der Waals surface area contributed by atoms with Gasteiger partial charge < -0.3 is 0 Å². The highest BCUT2D eigenvalue weighted by molar-refractivity contribution is 6.90. The zero-order valence-electron chi connectivity index (χ0n) is 19.7. The van der Waals surface area contributed by atoms with Gasteiger partial charge in [-0.3, -0.25) is 4.98 Å². The minimum Gasteiger partial charge on any atom is -0.256 e. The smallest absolute Gasteiger partial charge is 0.0784 e. The van der Waals surface area contributed by atoms with Crippen molar-refractivity contribution >= 4 is 45.6 Å². The van der Waals surface area contributed by atoms with Crippen molar-refractivity contribution < 1.29 is 0 Å². The van der Waals surface area contributed by atoms with Gasteiger partial charge in [0, 0.05) is 17.1 Å². The standard InChI is InChI=1S/C30H31NSi/c1-20(2)16-21-10-12-25-23(17-21)11-13-28-27(25)14-15-31-30(28)24-18-22-8-6-7-9-26(22)29(19-24)32(3,4)5/h6-15,17-20H,16H2,1-5H3. The second-order valence-corrected chi connectivity index (χ2v) is 15.5.